The van der Waals surface area contributed by atoms with E-state index in [2.05, 4.69) is 15.8 Å². The molecule has 0 radical (unpaired) electrons. The third-order valence-corrected chi connectivity index (χ3v) is 7.70. The number of rotatable bonds is 4. The van der Waals surface area contributed by atoms with Crippen LogP contribution in [0.4, 0.5) is 4.79 Å². The molecule has 9 heteroatoms. The van der Waals surface area contributed by atoms with Crippen LogP contribution in [-0.2, 0) is 9.53 Å². The monoisotopic (exact) mass is 437 g/mol. The second-order valence-electron chi connectivity index (χ2n) is 9.78. The number of hydrogen-bond donors (Lipinski definition) is 3. The highest BCUT2D eigenvalue weighted by Crippen LogP contribution is 2.39. The highest BCUT2D eigenvalue weighted by molar-refractivity contribution is 5.75. The summed E-state index contributed by atoms with van der Waals surface area (Å²) in [6.45, 7) is 8.55. The van der Waals surface area contributed by atoms with Gasteiger partial charge >= 0.3 is 6.09 Å². The van der Waals surface area contributed by atoms with E-state index < -0.39 is 0 Å². The molecule has 0 aromatic heterocycles. The molecule has 3 N–H and O–H groups in total. The van der Waals surface area contributed by atoms with E-state index in [9.17, 15) is 14.7 Å². The van der Waals surface area contributed by atoms with Crippen molar-refractivity contribution >= 4 is 12.0 Å². The van der Waals surface area contributed by atoms with E-state index >= 15 is 0 Å². The Kier molecular flexibility index (Phi) is 7.36. The summed E-state index contributed by atoms with van der Waals surface area (Å²) in [6, 6.07) is 0.0766. The van der Waals surface area contributed by atoms with Crippen molar-refractivity contribution < 1.29 is 19.4 Å². The van der Waals surface area contributed by atoms with Crippen molar-refractivity contribution in [2.45, 2.75) is 70.2 Å². The quantitative estimate of drug-likeness (QED) is 0.586. The van der Waals surface area contributed by atoms with Gasteiger partial charge in [0, 0.05) is 45.7 Å². The molecule has 9 nitrogen and oxygen atoms in total. The molecule has 176 valence electrons. The summed E-state index contributed by atoms with van der Waals surface area (Å²) in [4.78, 5) is 29.6. The molecule has 0 aromatic rings. The van der Waals surface area contributed by atoms with E-state index in [1.807, 2.05) is 16.7 Å². The molecule has 0 bridgehead atoms. The third-order valence-electron chi connectivity index (χ3n) is 7.70. The molecule has 3 heterocycles. The lowest BCUT2D eigenvalue weighted by Gasteiger charge is -2.54. The minimum Gasteiger partial charge on any atom is -0.445 e. The molecule has 0 aromatic carbocycles. The molecule has 1 saturated carbocycles. The molecule has 0 spiro atoms. The van der Waals surface area contributed by atoms with Gasteiger partial charge in [0.25, 0.3) is 0 Å². The first-order valence-corrected chi connectivity index (χ1v) is 12.0. The third kappa shape index (κ3) is 4.99. The van der Waals surface area contributed by atoms with Gasteiger partial charge in [-0.1, -0.05) is 0 Å². The van der Waals surface area contributed by atoms with Crippen LogP contribution in [0.5, 0.6) is 0 Å². The maximum Gasteiger partial charge on any atom is 0.410 e. The van der Waals surface area contributed by atoms with Crippen LogP contribution >= 0.6 is 0 Å². The van der Waals surface area contributed by atoms with E-state index in [-0.39, 0.29) is 42.8 Å². The van der Waals surface area contributed by atoms with Crippen molar-refractivity contribution in [3.05, 3.63) is 0 Å². The molecule has 6 atom stereocenters. The van der Waals surface area contributed by atoms with Crippen molar-refractivity contribution in [1.82, 2.24) is 25.6 Å². The van der Waals surface area contributed by atoms with E-state index in [4.69, 9.17) is 4.74 Å². The highest BCUT2D eigenvalue weighted by Gasteiger charge is 2.48. The average Bonchev–Trinajstić information content (AvgIpc) is 3.22. The van der Waals surface area contributed by atoms with E-state index in [0.29, 0.717) is 24.9 Å². The largest absolute Gasteiger partial charge is 0.445 e. The Labute approximate surface area is 185 Å². The normalized spacial score (nSPS) is 36.9. The molecular weight excluding hydrogens is 398 g/mol. The van der Waals surface area contributed by atoms with Crippen molar-refractivity contribution in [3.63, 3.8) is 0 Å². The molecule has 4 aliphatic rings. The second-order valence-corrected chi connectivity index (χ2v) is 9.78. The van der Waals surface area contributed by atoms with Crippen LogP contribution in [0.15, 0.2) is 0 Å². The predicted molar refractivity (Wildman–Crippen MR) is 116 cm³/mol. The molecule has 3 saturated heterocycles. The van der Waals surface area contributed by atoms with Crippen LogP contribution in [0.3, 0.4) is 0 Å². The summed E-state index contributed by atoms with van der Waals surface area (Å²) < 4.78 is 5.91. The van der Waals surface area contributed by atoms with Crippen LogP contribution in [0.1, 0.15) is 46.0 Å². The Hall–Kier alpha value is -1.42. The van der Waals surface area contributed by atoms with Crippen LogP contribution in [-0.4, -0.2) is 102 Å². The summed E-state index contributed by atoms with van der Waals surface area (Å²) in [5, 5.41) is 14.6. The molecule has 1 aliphatic carbocycles. The summed E-state index contributed by atoms with van der Waals surface area (Å²) >= 11 is 0. The number of nitrogens with zero attached hydrogens (tertiary/aromatic N) is 3. The first-order chi connectivity index (χ1) is 15.0. The Morgan fingerprint density at radius 1 is 1.10 bits per heavy atom. The van der Waals surface area contributed by atoms with Crippen LogP contribution in [0, 0.1) is 11.8 Å². The molecule has 3 aliphatic heterocycles. The molecular formula is C22H39N5O4. The number of nitrogens with one attached hydrogen (secondary N) is 2. The predicted octanol–water partition coefficient (Wildman–Crippen LogP) is 0.394. The fourth-order valence-electron chi connectivity index (χ4n) is 6.23. The summed E-state index contributed by atoms with van der Waals surface area (Å²) in [6.07, 6.45) is 4.54. The fourth-order valence-corrected chi connectivity index (χ4v) is 6.23. The minimum atomic E-state index is -0.217. The average molecular weight is 438 g/mol. The first kappa shape index (κ1) is 22.8. The van der Waals surface area contributed by atoms with E-state index in [1.54, 1.807) is 6.92 Å². The van der Waals surface area contributed by atoms with Gasteiger partial charge in [0.1, 0.15) is 6.10 Å². The lowest BCUT2D eigenvalue weighted by atomic mass is 9.73. The number of carbonyl (C=O) groups excluding carboxylic acids is 2. The number of carbonyl (C=O) groups is 2. The van der Waals surface area contributed by atoms with Crippen LogP contribution in [0.25, 0.3) is 0 Å². The van der Waals surface area contributed by atoms with E-state index in [0.717, 1.165) is 58.3 Å². The zero-order chi connectivity index (χ0) is 22.0. The van der Waals surface area contributed by atoms with Crippen molar-refractivity contribution in [2.24, 2.45) is 11.8 Å². The number of aliphatic hydroxyl groups excluding tert-OH is 1. The lowest BCUT2D eigenvalue weighted by Crippen LogP contribution is -2.67. The van der Waals surface area contributed by atoms with Gasteiger partial charge in [0.05, 0.1) is 18.7 Å². The summed E-state index contributed by atoms with van der Waals surface area (Å²) in [7, 11) is 0. The highest BCUT2D eigenvalue weighted by atomic mass is 16.6. The number of piperazine rings is 1. The molecule has 2 amide bonds. The smallest absolute Gasteiger partial charge is 0.410 e. The zero-order valence-corrected chi connectivity index (χ0v) is 19.0. The topological polar surface area (TPSA) is 97.4 Å². The number of amides is 2. The lowest BCUT2D eigenvalue weighted by molar-refractivity contribution is -0.142. The van der Waals surface area contributed by atoms with Crippen molar-refractivity contribution in [3.8, 4) is 0 Å². The van der Waals surface area contributed by atoms with Gasteiger partial charge in [-0.2, -0.15) is 0 Å². The van der Waals surface area contributed by atoms with Gasteiger partial charge in [-0.05, 0) is 57.4 Å². The maximum atomic E-state index is 13.2. The Balaban J connectivity index is 1.47. The van der Waals surface area contributed by atoms with Crippen LogP contribution in [0.2, 0.25) is 0 Å². The van der Waals surface area contributed by atoms with Gasteiger partial charge in [-0.25, -0.2) is 9.80 Å². The van der Waals surface area contributed by atoms with Gasteiger partial charge in [-0.3, -0.25) is 10.2 Å². The number of ether oxygens (including phenoxy) is 1. The number of hydrazine groups is 1. The fraction of sp³-hybridized carbons (Fsp3) is 0.909. The molecule has 4 fully saturated rings. The SMILES string of the molecule is CC(=O)N1C2CCC(C3CNN(CCO)C3)CC2N(C(=O)OC2CCCNC2)C[C@@H]1C. The first-order valence-electron chi connectivity index (χ1n) is 12.0. The Morgan fingerprint density at radius 2 is 1.94 bits per heavy atom. The number of hydrogen-bond acceptors (Lipinski definition) is 7. The zero-order valence-electron chi connectivity index (χ0n) is 19.0. The Morgan fingerprint density at radius 3 is 2.65 bits per heavy atom. The maximum absolute atomic E-state index is 13.2. The van der Waals surface area contributed by atoms with E-state index in [1.165, 1.54) is 0 Å². The van der Waals surface area contributed by atoms with Gasteiger partial charge in [-0.15, -0.1) is 0 Å². The molecule has 4 rings (SSSR count). The number of aliphatic hydroxyl groups is 1. The second kappa shape index (κ2) is 10.0. The standard InChI is InChI=1S/C22H39N5O4/c1-15-13-26(22(30)31-19-4-3-7-23-12-19)21-10-17(5-6-20(21)27(15)16(2)29)18-11-24-25(14-18)8-9-28/h15,17-21,23-24,28H,3-14H2,1-2H3/t15-,17?,18?,19?,20?,21?/m0/s1. The summed E-state index contributed by atoms with van der Waals surface area (Å²) in [5.74, 6) is 1.09. The molecule has 5 unspecified atom stereocenters. The van der Waals surface area contributed by atoms with Crippen LogP contribution < -0.4 is 10.7 Å². The summed E-state index contributed by atoms with van der Waals surface area (Å²) in [5.41, 5.74) is 3.40. The Bertz CT molecular complexity index is 643. The number of piperidine rings is 1. The van der Waals surface area contributed by atoms with Crippen molar-refractivity contribution in [1.29, 1.82) is 0 Å². The van der Waals surface area contributed by atoms with Crippen molar-refractivity contribution in [2.75, 3.05) is 45.9 Å². The van der Waals surface area contributed by atoms with Gasteiger partial charge in [0.15, 0.2) is 0 Å². The van der Waals surface area contributed by atoms with Gasteiger partial charge in [0.2, 0.25) is 5.91 Å². The number of fused-ring (bicyclic) bond motifs is 1. The minimum absolute atomic E-state index is 0.000485. The molecule has 31 heavy (non-hydrogen) atoms. The number of β-amino-alcohol motifs (C(OH)–C–C–N with tert-alkyl or cyclic N) is 1. The van der Waals surface area contributed by atoms with Gasteiger partial charge < -0.3 is 25.0 Å².